The Morgan fingerprint density at radius 2 is 2.04 bits per heavy atom. The topological polar surface area (TPSA) is 78.1 Å². The quantitative estimate of drug-likeness (QED) is 0.692. The van der Waals surface area contributed by atoms with Crippen molar-refractivity contribution < 1.29 is 9.59 Å². The maximum Gasteiger partial charge on any atom is 0.275 e. The highest BCUT2D eigenvalue weighted by molar-refractivity contribution is 9.10. The van der Waals surface area contributed by atoms with E-state index < -0.39 is 0 Å². The van der Waals surface area contributed by atoms with Crippen LogP contribution in [0, 0.1) is 0 Å². The van der Waals surface area contributed by atoms with Gasteiger partial charge in [0.25, 0.3) is 5.91 Å². The van der Waals surface area contributed by atoms with E-state index in [0.29, 0.717) is 4.47 Å². The van der Waals surface area contributed by atoms with Gasteiger partial charge in [-0.3, -0.25) is 14.7 Å². The molecule has 1 aromatic carbocycles. The molecule has 8 heteroatoms. The van der Waals surface area contributed by atoms with Gasteiger partial charge in [0.1, 0.15) is 0 Å². The van der Waals surface area contributed by atoms with Crippen LogP contribution in [0.2, 0.25) is 0 Å². The molecule has 2 aromatic rings. The number of nitrogens with zero attached hydrogens (tertiary/aromatic N) is 2. The number of likely N-dealkylation sites (N-methyl/N-ethyl adjacent to an activating group) is 1. The molecule has 2 amide bonds. The summed E-state index contributed by atoms with van der Waals surface area (Å²) >= 11 is 4.97. The normalized spacial score (nSPS) is 10.8. The molecule has 2 N–H and O–H groups in total. The smallest absolute Gasteiger partial charge is 0.275 e. The van der Waals surface area contributed by atoms with Crippen LogP contribution in [0.4, 0.5) is 5.69 Å². The molecule has 0 radical (unpaired) electrons. The number of amides is 2. The van der Waals surface area contributed by atoms with Gasteiger partial charge in [0.15, 0.2) is 5.69 Å². The number of halogens is 1. The number of para-hydroxylation sites is 1. The Morgan fingerprint density at radius 3 is 2.64 bits per heavy atom. The third-order valence-electron chi connectivity index (χ3n) is 3.62. The number of carbonyl (C=O) groups is 2. The predicted molar refractivity (Wildman–Crippen MR) is 104 cm³/mol. The van der Waals surface area contributed by atoms with E-state index in [0.717, 1.165) is 16.3 Å². The van der Waals surface area contributed by atoms with Crippen molar-refractivity contribution in [3.63, 3.8) is 0 Å². The molecule has 0 fully saturated rings. The van der Waals surface area contributed by atoms with Crippen molar-refractivity contribution in [2.45, 2.75) is 24.7 Å². The van der Waals surface area contributed by atoms with Crippen molar-refractivity contribution >= 4 is 45.2 Å². The van der Waals surface area contributed by atoms with E-state index >= 15 is 0 Å². The Bertz CT molecular complexity index is 776. The maximum atomic E-state index is 12.5. The second-order valence-electron chi connectivity index (χ2n) is 5.86. The second-order valence-corrected chi connectivity index (χ2v) is 7.51. The molecule has 0 atom stereocenters. The number of H-pyrrole nitrogens is 1. The summed E-state index contributed by atoms with van der Waals surface area (Å²) in [4.78, 5) is 27.1. The van der Waals surface area contributed by atoms with Crippen LogP contribution in [-0.2, 0) is 4.79 Å². The van der Waals surface area contributed by atoms with Gasteiger partial charge in [0.05, 0.1) is 22.4 Å². The fourth-order valence-corrected chi connectivity index (χ4v) is 3.63. The molecule has 0 saturated heterocycles. The summed E-state index contributed by atoms with van der Waals surface area (Å²) in [5.41, 5.74) is 1.88. The lowest BCUT2D eigenvalue weighted by Crippen LogP contribution is -2.35. The first-order valence-electron chi connectivity index (χ1n) is 7.77. The molecule has 6 nitrogen and oxygen atoms in total. The average Bonchev–Trinajstić information content (AvgIpc) is 2.96. The monoisotopic (exact) mass is 424 g/mol. The van der Waals surface area contributed by atoms with Crippen molar-refractivity contribution in [1.29, 1.82) is 0 Å². The van der Waals surface area contributed by atoms with E-state index in [4.69, 9.17) is 0 Å². The lowest BCUT2D eigenvalue weighted by molar-refractivity contribution is -0.116. The van der Waals surface area contributed by atoms with Crippen LogP contribution < -0.4 is 5.32 Å². The van der Waals surface area contributed by atoms with Crippen LogP contribution >= 0.6 is 27.7 Å². The van der Waals surface area contributed by atoms with Gasteiger partial charge in [-0.15, -0.1) is 11.8 Å². The largest absolute Gasteiger partial charge is 0.331 e. The van der Waals surface area contributed by atoms with E-state index in [2.05, 4.69) is 31.4 Å². The van der Waals surface area contributed by atoms with Crippen molar-refractivity contribution in [1.82, 2.24) is 15.1 Å². The van der Waals surface area contributed by atoms with Crippen molar-refractivity contribution in [3.8, 4) is 0 Å². The van der Waals surface area contributed by atoms with Gasteiger partial charge in [0.2, 0.25) is 5.91 Å². The number of nitrogens with one attached hydrogen (secondary N) is 2. The zero-order chi connectivity index (χ0) is 18.6. The Kier molecular flexibility index (Phi) is 6.66. The minimum atomic E-state index is -0.316. The molecule has 134 valence electrons. The number of carbonyl (C=O) groups excluding carboxylic acids is 2. The van der Waals surface area contributed by atoms with Gasteiger partial charge in [-0.2, -0.15) is 5.10 Å². The average molecular weight is 425 g/mol. The summed E-state index contributed by atoms with van der Waals surface area (Å²) in [7, 11) is 1.58. The third kappa shape index (κ3) is 4.64. The van der Waals surface area contributed by atoms with Crippen LogP contribution in [0.25, 0.3) is 0 Å². The molecule has 1 heterocycles. The molecule has 2 rings (SSSR count). The lowest BCUT2D eigenvalue weighted by atomic mass is 10.1. The summed E-state index contributed by atoms with van der Waals surface area (Å²) in [6.07, 6.45) is 1.95. The lowest BCUT2D eigenvalue weighted by Gasteiger charge is -2.16. The molecule has 0 saturated carbocycles. The molecule has 0 aliphatic heterocycles. The fraction of sp³-hybridized carbons (Fsp3) is 0.353. The number of rotatable bonds is 6. The van der Waals surface area contributed by atoms with E-state index in [1.54, 1.807) is 18.8 Å². The van der Waals surface area contributed by atoms with Crippen LogP contribution in [-0.4, -0.2) is 46.8 Å². The Balaban J connectivity index is 2.05. The minimum Gasteiger partial charge on any atom is -0.331 e. The molecule has 0 aliphatic carbocycles. The fourth-order valence-electron chi connectivity index (χ4n) is 2.27. The number of benzene rings is 1. The highest BCUT2D eigenvalue weighted by Gasteiger charge is 2.23. The molecular formula is C17H21BrN4O2S. The number of hydrogen-bond donors (Lipinski definition) is 2. The second kappa shape index (κ2) is 8.53. The van der Waals surface area contributed by atoms with Crippen molar-refractivity contribution in [2.24, 2.45) is 0 Å². The third-order valence-corrected chi connectivity index (χ3v) is 5.22. The SMILES string of the molecule is CSc1ccccc1NC(=O)CN(C)C(=O)c1n[nH]c(C(C)C)c1Br. The molecule has 1 aromatic heterocycles. The van der Waals surface area contributed by atoms with E-state index in [1.165, 1.54) is 4.90 Å². The first kappa shape index (κ1) is 19.5. The predicted octanol–water partition coefficient (Wildman–Crippen LogP) is 3.73. The number of aromatic amines is 1. The van der Waals surface area contributed by atoms with Gasteiger partial charge in [0, 0.05) is 11.9 Å². The number of hydrogen-bond acceptors (Lipinski definition) is 4. The minimum absolute atomic E-state index is 0.0577. The summed E-state index contributed by atoms with van der Waals surface area (Å²) in [6.45, 7) is 3.96. The zero-order valence-electron chi connectivity index (χ0n) is 14.6. The van der Waals surface area contributed by atoms with E-state index in [-0.39, 0.29) is 30.0 Å². The molecule has 0 unspecified atom stereocenters. The molecule has 0 aliphatic rings. The molecule has 0 bridgehead atoms. The number of thioether (sulfide) groups is 1. The van der Waals surface area contributed by atoms with Gasteiger partial charge in [-0.25, -0.2) is 0 Å². The number of anilines is 1. The standard InChI is InChI=1S/C17H21BrN4O2S/c1-10(2)15-14(18)16(21-20-15)17(24)22(3)9-13(23)19-11-7-5-6-8-12(11)25-4/h5-8,10H,9H2,1-4H3,(H,19,23)(H,20,21). The van der Waals surface area contributed by atoms with E-state index in [1.807, 2.05) is 44.4 Å². The van der Waals surface area contributed by atoms with Crippen LogP contribution in [0.1, 0.15) is 35.9 Å². The van der Waals surface area contributed by atoms with Crippen LogP contribution in [0.5, 0.6) is 0 Å². The first-order valence-corrected chi connectivity index (χ1v) is 9.79. The van der Waals surface area contributed by atoms with Crippen LogP contribution in [0.3, 0.4) is 0 Å². The first-order chi connectivity index (χ1) is 11.8. The zero-order valence-corrected chi connectivity index (χ0v) is 17.0. The summed E-state index contributed by atoms with van der Waals surface area (Å²) in [5, 5.41) is 9.79. The van der Waals surface area contributed by atoms with Gasteiger partial charge >= 0.3 is 0 Å². The Hall–Kier alpha value is -1.80. The van der Waals surface area contributed by atoms with Gasteiger partial charge in [-0.1, -0.05) is 26.0 Å². The Morgan fingerprint density at radius 1 is 1.36 bits per heavy atom. The Labute approximate surface area is 159 Å². The number of aromatic nitrogens is 2. The molecule has 25 heavy (non-hydrogen) atoms. The summed E-state index contributed by atoms with van der Waals surface area (Å²) in [5.74, 6) is -0.364. The summed E-state index contributed by atoms with van der Waals surface area (Å²) in [6, 6.07) is 7.55. The highest BCUT2D eigenvalue weighted by Crippen LogP contribution is 2.26. The molecular weight excluding hydrogens is 404 g/mol. The van der Waals surface area contributed by atoms with Crippen molar-refractivity contribution in [3.05, 3.63) is 40.1 Å². The highest BCUT2D eigenvalue weighted by atomic mass is 79.9. The summed E-state index contributed by atoms with van der Waals surface area (Å²) < 4.78 is 0.646. The van der Waals surface area contributed by atoms with Gasteiger partial charge < -0.3 is 10.2 Å². The van der Waals surface area contributed by atoms with Crippen molar-refractivity contribution in [2.75, 3.05) is 25.2 Å². The van der Waals surface area contributed by atoms with E-state index in [9.17, 15) is 9.59 Å². The maximum absolute atomic E-state index is 12.5. The van der Waals surface area contributed by atoms with Crippen LogP contribution in [0.15, 0.2) is 33.6 Å². The van der Waals surface area contributed by atoms with Gasteiger partial charge in [-0.05, 0) is 40.2 Å². The molecule has 0 spiro atoms.